The van der Waals surface area contributed by atoms with E-state index < -0.39 is 15.3 Å². The van der Waals surface area contributed by atoms with Gasteiger partial charge in [0.2, 0.25) is 10.0 Å². The SMILES string of the molecule is CCC(C(N)=S)S(=O)(=O)NN1CCOCC1. The van der Waals surface area contributed by atoms with E-state index in [2.05, 4.69) is 4.83 Å². The van der Waals surface area contributed by atoms with E-state index in [-0.39, 0.29) is 4.99 Å². The quantitative estimate of drug-likeness (QED) is 0.636. The van der Waals surface area contributed by atoms with Crippen molar-refractivity contribution >= 4 is 27.2 Å². The molecule has 0 spiro atoms. The summed E-state index contributed by atoms with van der Waals surface area (Å²) < 4.78 is 28.9. The van der Waals surface area contributed by atoms with Gasteiger partial charge in [-0.25, -0.2) is 13.4 Å². The highest BCUT2D eigenvalue weighted by atomic mass is 32.2. The molecule has 1 rings (SSSR count). The molecule has 1 saturated heterocycles. The van der Waals surface area contributed by atoms with Crippen LogP contribution in [0.15, 0.2) is 0 Å². The topological polar surface area (TPSA) is 84.7 Å². The van der Waals surface area contributed by atoms with Crippen LogP contribution in [0.4, 0.5) is 0 Å². The maximum atomic E-state index is 11.9. The monoisotopic (exact) mass is 267 g/mol. The molecule has 8 heteroatoms. The first-order valence-corrected chi connectivity index (χ1v) is 7.06. The number of nitrogens with one attached hydrogen (secondary N) is 1. The standard InChI is InChI=1S/C8H17N3O3S2/c1-2-7(8(9)15)16(12,13)10-11-3-5-14-6-4-11/h7,10H,2-6H2,1H3,(H2,9,15). The van der Waals surface area contributed by atoms with Gasteiger partial charge in [0.05, 0.1) is 18.2 Å². The minimum absolute atomic E-state index is 0.00302. The molecule has 16 heavy (non-hydrogen) atoms. The Balaban J connectivity index is 2.65. The van der Waals surface area contributed by atoms with Crippen molar-refractivity contribution in [2.45, 2.75) is 18.6 Å². The van der Waals surface area contributed by atoms with Crippen LogP contribution < -0.4 is 10.6 Å². The maximum absolute atomic E-state index is 11.9. The molecule has 6 nitrogen and oxygen atoms in total. The highest BCUT2D eigenvalue weighted by Crippen LogP contribution is 2.06. The first-order valence-electron chi connectivity index (χ1n) is 5.10. The summed E-state index contributed by atoms with van der Waals surface area (Å²) >= 11 is 4.75. The van der Waals surface area contributed by atoms with E-state index in [1.165, 1.54) is 0 Å². The lowest BCUT2D eigenvalue weighted by molar-refractivity contribution is 0.0271. The van der Waals surface area contributed by atoms with Gasteiger partial charge in [-0.1, -0.05) is 19.1 Å². The van der Waals surface area contributed by atoms with Crippen LogP contribution in [0.2, 0.25) is 0 Å². The van der Waals surface area contributed by atoms with Gasteiger partial charge in [-0.2, -0.15) is 0 Å². The van der Waals surface area contributed by atoms with E-state index >= 15 is 0 Å². The number of thiocarbonyl (C=S) groups is 1. The zero-order chi connectivity index (χ0) is 12.2. The minimum Gasteiger partial charge on any atom is -0.392 e. The number of hydrogen-bond acceptors (Lipinski definition) is 5. The van der Waals surface area contributed by atoms with Crippen LogP contribution in [-0.2, 0) is 14.8 Å². The molecule has 0 radical (unpaired) electrons. The highest BCUT2D eigenvalue weighted by molar-refractivity contribution is 7.93. The van der Waals surface area contributed by atoms with Crippen molar-refractivity contribution in [1.29, 1.82) is 0 Å². The lowest BCUT2D eigenvalue weighted by Gasteiger charge is -2.28. The van der Waals surface area contributed by atoms with Crippen molar-refractivity contribution in [3.63, 3.8) is 0 Å². The molecular formula is C8H17N3O3S2. The third-order valence-electron chi connectivity index (χ3n) is 2.33. The Morgan fingerprint density at radius 2 is 2.12 bits per heavy atom. The van der Waals surface area contributed by atoms with Crippen LogP contribution in [-0.4, -0.2) is 50.0 Å². The summed E-state index contributed by atoms with van der Waals surface area (Å²) in [7, 11) is -3.52. The van der Waals surface area contributed by atoms with E-state index in [1.54, 1.807) is 11.9 Å². The zero-order valence-electron chi connectivity index (χ0n) is 9.18. The molecule has 1 aliphatic rings. The van der Waals surface area contributed by atoms with E-state index in [4.69, 9.17) is 22.7 Å². The molecule has 1 atom stereocenters. The normalized spacial score (nSPS) is 20.6. The Kier molecular flexibility index (Phi) is 5.06. The second-order valence-electron chi connectivity index (χ2n) is 3.53. The molecule has 0 aromatic rings. The predicted octanol–water partition coefficient (Wildman–Crippen LogP) is -0.782. The molecule has 0 amide bonds. The molecule has 94 valence electrons. The molecule has 0 aromatic heterocycles. The Morgan fingerprint density at radius 3 is 2.56 bits per heavy atom. The van der Waals surface area contributed by atoms with Gasteiger partial charge >= 0.3 is 0 Å². The van der Waals surface area contributed by atoms with Gasteiger partial charge in [0.1, 0.15) is 5.25 Å². The van der Waals surface area contributed by atoms with Gasteiger partial charge in [-0.3, -0.25) is 0 Å². The van der Waals surface area contributed by atoms with Crippen molar-refractivity contribution in [2.24, 2.45) is 5.73 Å². The van der Waals surface area contributed by atoms with Crippen LogP contribution in [0, 0.1) is 0 Å². The summed E-state index contributed by atoms with van der Waals surface area (Å²) in [5, 5.41) is 0.796. The van der Waals surface area contributed by atoms with E-state index in [0.29, 0.717) is 32.7 Å². The predicted molar refractivity (Wildman–Crippen MR) is 65.3 cm³/mol. The number of hydrogen-bond donors (Lipinski definition) is 2. The van der Waals surface area contributed by atoms with E-state index in [1.807, 2.05) is 0 Å². The van der Waals surface area contributed by atoms with E-state index in [9.17, 15) is 8.42 Å². The Morgan fingerprint density at radius 1 is 1.56 bits per heavy atom. The Labute approximate surface area is 101 Å². The van der Waals surface area contributed by atoms with E-state index in [0.717, 1.165) is 0 Å². The molecule has 1 fully saturated rings. The van der Waals surface area contributed by atoms with Crippen molar-refractivity contribution < 1.29 is 13.2 Å². The second-order valence-corrected chi connectivity index (χ2v) is 5.85. The second kappa shape index (κ2) is 5.87. The largest absolute Gasteiger partial charge is 0.392 e. The fourth-order valence-electron chi connectivity index (χ4n) is 1.47. The zero-order valence-corrected chi connectivity index (χ0v) is 10.8. The molecular weight excluding hydrogens is 250 g/mol. The van der Waals surface area contributed by atoms with Gasteiger partial charge in [0.15, 0.2) is 0 Å². The summed E-state index contributed by atoms with van der Waals surface area (Å²) in [6.07, 6.45) is 0.370. The van der Waals surface area contributed by atoms with Crippen molar-refractivity contribution in [3.05, 3.63) is 0 Å². The average Bonchev–Trinajstić information content (AvgIpc) is 2.18. The molecule has 1 unspecified atom stereocenters. The summed E-state index contributed by atoms with van der Waals surface area (Å²) in [5.41, 5.74) is 5.41. The third kappa shape index (κ3) is 3.63. The Bertz CT molecular complexity index is 338. The Hall–Kier alpha value is -0.280. The molecule has 3 N–H and O–H groups in total. The smallest absolute Gasteiger partial charge is 0.233 e. The van der Waals surface area contributed by atoms with Crippen LogP contribution in [0.5, 0.6) is 0 Å². The van der Waals surface area contributed by atoms with Crippen molar-refractivity contribution in [3.8, 4) is 0 Å². The van der Waals surface area contributed by atoms with Crippen LogP contribution in [0.25, 0.3) is 0 Å². The summed E-state index contributed by atoms with van der Waals surface area (Å²) in [6.45, 7) is 3.85. The number of sulfonamides is 1. The number of hydrazine groups is 1. The molecule has 0 bridgehead atoms. The molecule has 0 saturated carbocycles. The van der Waals surface area contributed by atoms with Gasteiger partial charge in [0.25, 0.3) is 0 Å². The number of nitrogens with zero attached hydrogens (tertiary/aromatic N) is 1. The highest BCUT2D eigenvalue weighted by Gasteiger charge is 2.28. The van der Waals surface area contributed by atoms with Crippen LogP contribution >= 0.6 is 12.2 Å². The number of nitrogens with two attached hydrogens (primary N) is 1. The first kappa shape index (κ1) is 13.8. The van der Waals surface area contributed by atoms with Gasteiger partial charge in [-0.15, -0.1) is 4.83 Å². The fourth-order valence-corrected chi connectivity index (χ4v) is 3.43. The molecule has 1 aliphatic heterocycles. The summed E-state index contributed by atoms with van der Waals surface area (Å²) in [5.74, 6) is 0. The van der Waals surface area contributed by atoms with Crippen LogP contribution in [0.3, 0.4) is 0 Å². The molecule has 0 aliphatic carbocycles. The minimum atomic E-state index is -3.52. The van der Waals surface area contributed by atoms with Gasteiger partial charge in [-0.05, 0) is 6.42 Å². The van der Waals surface area contributed by atoms with Crippen molar-refractivity contribution in [1.82, 2.24) is 9.84 Å². The molecule has 1 heterocycles. The number of ether oxygens (including phenoxy) is 1. The van der Waals surface area contributed by atoms with Crippen molar-refractivity contribution in [2.75, 3.05) is 26.3 Å². The molecule has 0 aromatic carbocycles. The third-order valence-corrected chi connectivity index (χ3v) is 4.61. The van der Waals surface area contributed by atoms with Gasteiger partial charge in [0, 0.05) is 13.1 Å². The number of rotatable bonds is 5. The summed E-state index contributed by atoms with van der Waals surface area (Å²) in [6, 6.07) is 0. The fraction of sp³-hybridized carbons (Fsp3) is 0.875. The lowest BCUT2D eigenvalue weighted by atomic mass is 10.3. The summed E-state index contributed by atoms with van der Waals surface area (Å²) in [4.78, 5) is 2.49. The van der Waals surface area contributed by atoms with Gasteiger partial charge < -0.3 is 10.5 Å². The average molecular weight is 267 g/mol. The van der Waals surface area contributed by atoms with Crippen LogP contribution in [0.1, 0.15) is 13.3 Å². The number of morpholine rings is 1. The maximum Gasteiger partial charge on any atom is 0.233 e. The lowest BCUT2D eigenvalue weighted by Crippen LogP contribution is -2.52. The first-order chi connectivity index (χ1) is 7.47.